The van der Waals surface area contributed by atoms with Crippen molar-refractivity contribution in [2.45, 2.75) is 18.9 Å². The molecule has 1 aliphatic heterocycles. The number of pyridine rings is 1. The minimum Gasteiger partial charge on any atom is -0.347 e. The van der Waals surface area contributed by atoms with Gasteiger partial charge in [0.05, 0.1) is 6.04 Å². The zero-order valence-electron chi connectivity index (χ0n) is 16.2. The van der Waals surface area contributed by atoms with Crippen LogP contribution >= 0.6 is 0 Å². The van der Waals surface area contributed by atoms with Crippen LogP contribution < -0.4 is 20.9 Å². The lowest BCUT2D eigenvalue weighted by Gasteiger charge is -2.28. The largest absolute Gasteiger partial charge is 0.347 e. The summed E-state index contributed by atoms with van der Waals surface area (Å²) in [7, 11) is 0. The smallest absolute Gasteiger partial charge is 0.233 e. The minimum atomic E-state index is 0.221. The predicted octanol–water partition coefficient (Wildman–Crippen LogP) is 2.52. The molecule has 3 heterocycles. The van der Waals surface area contributed by atoms with E-state index < -0.39 is 0 Å². The van der Waals surface area contributed by atoms with Crippen molar-refractivity contribution in [3.8, 4) is 0 Å². The molecule has 1 atom stereocenters. The van der Waals surface area contributed by atoms with Crippen molar-refractivity contribution >= 4 is 23.5 Å². The fourth-order valence-electron chi connectivity index (χ4n) is 3.92. The molecule has 29 heavy (non-hydrogen) atoms. The average Bonchev–Trinajstić information content (AvgIpc) is 3.18. The van der Waals surface area contributed by atoms with E-state index >= 15 is 0 Å². The van der Waals surface area contributed by atoms with Gasteiger partial charge in [0, 0.05) is 44.3 Å². The summed E-state index contributed by atoms with van der Waals surface area (Å²) in [5.41, 5.74) is 3.63. The van der Waals surface area contributed by atoms with Crippen LogP contribution in [0.4, 0.5) is 23.5 Å². The number of hydrogen-bond donors (Lipinski definition) is 3. The van der Waals surface area contributed by atoms with Gasteiger partial charge in [-0.25, -0.2) is 0 Å². The number of piperazine rings is 1. The highest BCUT2D eigenvalue weighted by Crippen LogP contribution is 2.33. The van der Waals surface area contributed by atoms with Gasteiger partial charge in [0.2, 0.25) is 17.8 Å². The number of aromatic nitrogens is 4. The van der Waals surface area contributed by atoms with Crippen LogP contribution in [-0.2, 0) is 6.42 Å². The first-order valence-corrected chi connectivity index (χ1v) is 10.1. The van der Waals surface area contributed by atoms with E-state index in [4.69, 9.17) is 4.98 Å². The molecule has 2 aliphatic rings. The van der Waals surface area contributed by atoms with Crippen LogP contribution in [0.5, 0.6) is 0 Å². The molecule has 1 saturated heterocycles. The SMILES string of the molecule is c1ccc2c(c1)CCC2Nc1nc(Nc2ccncc2)nc(N2CCNCC2)n1. The first kappa shape index (κ1) is 17.8. The average molecular weight is 388 g/mol. The van der Waals surface area contributed by atoms with Gasteiger partial charge in [-0.15, -0.1) is 0 Å². The van der Waals surface area contributed by atoms with E-state index in [1.54, 1.807) is 12.4 Å². The van der Waals surface area contributed by atoms with E-state index in [-0.39, 0.29) is 6.04 Å². The molecule has 8 nitrogen and oxygen atoms in total. The Kier molecular flexibility index (Phi) is 4.92. The third-order valence-corrected chi connectivity index (χ3v) is 5.40. The zero-order valence-corrected chi connectivity index (χ0v) is 16.2. The molecule has 1 aromatic carbocycles. The second-order valence-electron chi connectivity index (χ2n) is 7.31. The third-order valence-electron chi connectivity index (χ3n) is 5.40. The van der Waals surface area contributed by atoms with Crippen LogP contribution in [-0.4, -0.2) is 46.1 Å². The maximum Gasteiger partial charge on any atom is 0.233 e. The summed E-state index contributed by atoms with van der Waals surface area (Å²) in [4.78, 5) is 20.3. The Hall–Kier alpha value is -3.26. The van der Waals surface area contributed by atoms with Gasteiger partial charge in [0.15, 0.2) is 0 Å². The van der Waals surface area contributed by atoms with E-state index in [2.05, 4.69) is 60.1 Å². The van der Waals surface area contributed by atoms with Gasteiger partial charge < -0.3 is 20.9 Å². The molecular weight excluding hydrogens is 364 g/mol. The summed E-state index contributed by atoms with van der Waals surface area (Å²) >= 11 is 0. The third kappa shape index (κ3) is 3.97. The number of fused-ring (bicyclic) bond motifs is 1. The monoisotopic (exact) mass is 388 g/mol. The van der Waals surface area contributed by atoms with Crippen LogP contribution in [0.3, 0.4) is 0 Å². The van der Waals surface area contributed by atoms with Gasteiger partial charge in [-0.3, -0.25) is 4.98 Å². The van der Waals surface area contributed by atoms with Crippen LogP contribution in [0, 0.1) is 0 Å². The van der Waals surface area contributed by atoms with Crippen LogP contribution in [0.15, 0.2) is 48.8 Å². The lowest BCUT2D eigenvalue weighted by Crippen LogP contribution is -2.44. The van der Waals surface area contributed by atoms with E-state index in [1.807, 2.05) is 12.1 Å². The van der Waals surface area contributed by atoms with E-state index in [0.717, 1.165) is 44.7 Å². The first-order chi connectivity index (χ1) is 14.3. The first-order valence-electron chi connectivity index (χ1n) is 10.1. The van der Waals surface area contributed by atoms with Gasteiger partial charge in [-0.05, 0) is 36.1 Å². The van der Waals surface area contributed by atoms with Gasteiger partial charge in [0.25, 0.3) is 0 Å². The molecule has 8 heteroatoms. The van der Waals surface area contributed by atoms with Crippen molar-refractivity contribution in [2.75, 3.05) is 41.7 Å². The molecule has 1 aliphatic carbocycles. The van der Waals surface area contributed by atoms with E-state index in [9.17, 15) is 0 Å². The van der Waals surface area contributed by atoms with Crippen LogP contribution in [0.1, 0.15) is 23.6 Å². The molecule has 3 N–H and O–H groups in total. The molecule has 1 unspecified atom stereocenters. The van der Waals surface area contributed by atoms with Crippen molar-refractivity contribution in [3.63, 3.8) is 0 Å². The standard InChI is InChI=1S/C21H24N8/c1-2-4-17-15(3-1)5-6-18(17)25-20-26-19(24-16-7-9-22-10-8-16)27-21(28-20)29-13-11-23-12-14-29/h1-4,7-10,18,23H,5-6,11-14H2,(H2,22,24,25,26,27,28). The highest BCUT2D eigenvalue weighted by Gasteiger charge is 2.24. The van der Waals surface area contributed by atoms with Crippen molar-refractivity contribution in [3.05, 3.63) is 59.9 Å². The quantitative estimate of drug-likeness (QED) is 0.614. The van der Waals surface area contributed by atoms with E-state index in [1.165, 1.54) is 11.1 Å². The van der Waals surface area contributed by atoms with Crippen molar-refractivity contribution in [1.82, 2.24) is 25.3 Å². The number of nitrogens with zero attached hydrogens (tertiary/aromatic N) is 5. The molecule has 1 fully saturated rings. The van der Waals surface area contributed by atoms with Crippen molar-refractivity contribution in [1.29, 1.82) is 0 Å². The van der Waals surface area contributed by atoms with Crippen LogP contribution in [0.25, 0.3) is 0 Å². The Morgan fingerprint density at radius 3 is 2.59 bits per heavy atom. The summed E-state index contributed by atoms with van der Waals surface area (Å²) in [6.45, 7) is 3.62. The van der Waals surface area contributed by atoms with Crippen molar-refractivity contribution in [2.24, 2.45) is 0 Å². The molecule has 5 rings (SSSR count). The molecule has 3 aromatic rings. The number of rotatable bonds is 5. The predicted molar refractivity (Wildman–Crippen MR) is 114 cm³/mol. The fraction of sp³-hybridized carbons (Fsp3) is 0.333. The molecule has 0 radical (unpaired) electrons. The zero-order chi connectivity index (χ0) is 19.5. The Morgan fingerprint density at radius 1 is 0.931 bits per heavy atom. The summed E-state index contributed by atoms with van der Waals surface area (Å²) < 4.78 is 0. The molecule has 148 valence electrons. The Bertz CT molecular complexity index is 971. The summed E-state index contributed by atoms with van der Waals surface area (Å²) in [5.74, 6) is 1.84. The molecule has 0 amide bonds. The van der Waals surface area contributed by atoms with Crippen LogP contribution in [0.2, 0.25) is 0 Å². The minimum absolute atomic E-state index is 0.221. The molecule has 2 aromatic heterocycles. The number of aryl methyl sites for hydroxylation is 1. The van der Waals surface area contributed by atoms with Gasteiger partial charge in [-0.2, -0.15) is 15.0 Å². The number of anilines is 4. The lowest BCUT2D eigenvalue weighted by molar-refractivity contribution is 0.579. The Morgan fingerprint density at radius 2 is 1.72 bits per heavy atom. The number of nitrogens with one attached hydrogen (secondary N) is 3. The highest BCUT2D eigenvalue weighted by atomic mass is 15.3. The normalized spacial score (nSPS) is 18.3. The maximum atomic E-state index is 4.75. The Labute approximate surface area is 169 Å². The maximum absolute atomic E-state index is 4.75. The second kappa shape index (κ2) is 8.00. The Balaban J connectivity index is 1.44. The topological polar surface area (TPSA) is 90.9 Å². The van der Waals surface area contributed by atoms with E-state index in [0.29, 0.717) is 17.8 Å². The summed E-state index contributed by atoms with van der Waals surface area (Å²) in [5, 5.41) is 10.2. The molecule has 0 saturated carbocycles. The van der Waals surface area contributed by atoms with Gasteiger partial charge in [-0.1, -0.05) is 24.3 Å². The molecule has 0 spiro atoms. The summed E-state index contributed by atoms with van der Waals surface area (Å²) in [6.07, 6.45) is 5.61. The van der Waals surface area contributed by atoms with Gasteiger partial charge in [0.1, 0.15) is 0 Å². The van der Waals surface area contributed by atoms with Crippen molar-refractivity contribution < 1.29 is 0 Å². The molecule has 0 bridgehead atoms. The summed E-state index contributed by atoms with van der Waals surface area (Å²) in [6, 6.07) is 12.6. The van der Waals surface area contributed by atoms with Gasteiger partial charge >= 0.3 is 0 Å². The molecular formula is C21H24N8. The number of hydrogen-bond acceptors (Lipinski definition) is 8. The second-order valence-corrected chi connectivity index (χ2v) is 7.31. The highest BCUT2D eigenvalue weighted by molar-refractivity contribution is 5.55. The fourth-order valence-corrected chi connectivity index (χ4v) is 3.92. The number of benzene rings is 1. The lowest BCUT2D eigenvalue weighted by atomic mass is 10.1.